The Morgan fingerprint density at radius 3 is 2.34 bits per heavy atom. The van der Waals surface area contributed by atoms with Crippen molar-refractivity contribution in [3.8, 4) is 17.2 Å². The van der Waals surface area contributed by atoms with Gasteiger partial charge in [-0.1, -0.05) is 12.1 Å². The zero-order valence-electron chi connectivity index (χ0n) is 22.5. The zero-order chi connectivity index (χ0) is 27.4. The summed E-state index contributed by atoms with van der Waals surface area (Å²) >= 11 is 0. The summed E-state index contributed by atoms with van der Waals surface area (Å²) in [6, 6.07) is 8.99. The van der Waals surface area contributed by atoms with E-state index < -0.39 is 21.4 Å². The summed E-state index contributed by atoms with van der Waals surface area (Å²) < 4.78 is 54.8. The van der Waals surface area contributed by atoms with Crippen LogP contribution in [0.4, 0.5) is 5.95 Å². The molecule has 0 bridgehead atoms. The average molecular weight is 546 g/mol. The lowest BCUT2D eigenvalue weighted by Gasteiger charge is -2.26. The number of aromatic nitrogens is 4. The maximum atomic E-state index is 13.8. The van der Waals surface area contributed by atoms with E-state index in [9.17, 15) is 8.42 Å². The molecule has 38 heavy (non-hydrogen) atoms. The number of methoxy groups -OCH3 is 2. The predicted molar refractivity (Wildman–Crippen MR) is 143 cm³/mol. The monoisotopic (exact) mass is 545 g/mol. The van der Waals surface area contributed by atoms with Crippen LogP contribution in [0.1, 0.15) is 56.3 Å². The van der Waals surface area contributed by atoms with E-state index in [4.69, 9.17) is 18.9 Å². The van der Waals surface area contributed by atoms with E-state index >= 15 is 0 Å². The van der Waals surface area contributed by atoms with Crippen LogP contribution < -0.4 is 14.2 Å². The van der Waals surface area contributed by atoms with Crippen LogP contribution >= 0.6 is 0 Å². The van der Waals surface area contributed by atoms with Gasteiger partial charge in [0.2, 0.25) is 16.0 Å². The highest BCUT2D eigenvalue weighted by Gasteiger charge is 2.36. The molecule has 11 nitrogen and oxygen atoms in total. The van der Waals surface area contributed by atoms with Gasteiger partial charge in [0.05, 0.1) is 32.6 Å². The molecule has 3 atom stereocenters. The highest BCUT2D eigenvalue weighted by atomic mass is 32.2. The van der Waals surface area contributed by atoms with Gasteiger partial charge < -0.3 is 18.9 Å². The average Bonchev–Trinajstić information content (AvgIpc) is 3.56. The summed E-state index contributed by atoms with van der Waals surface area (Å²) in [7, 11) is -0.973. The predicted octanol–water partition coefficient (Wildman–Crippen LogP) is 3.79. The number of nitrogens with zero attached hydrogens (tertiary/aromatic N) is 4. The molecule has 1 N–H and O–H groups in total. The summed E-state index contributed by atoms with van der Waals surface area (Å²) in [6.45, 7) is 8.25. The molecule has 1 fully saturated rings. The molecule has 0 spiro atoms. The second-order valence-corrected chi connectivity index (χ2v) is 11.5. The van der Waals surface area contributed by atoms with Gasteiger partial charge >= 0.3 is 0 Å². The molecule has 4 rings (SSSR count). The first kappa shape index (κ1) is 27.8. The Hall–Kier alpha value is -3.22. The fourth-order valence-electron chi connectivity index (χ4n) is 4.38. The first-order valence-corrected chi connectivity index (χ1v) is 14.0. The maximum Gasteiger partial charge on any atom is 0.243 e. The highest BCUT2D eigenvalue weighted by molar-refractivity contribution is 7.93. The highest BCUT2D eigenvalue weighted by Crippen LogP contribution is 2.38. The normalized spacial score (nSPS) is 17.4. The Morgan fingerprint density at radius 1 is 1.08 bits per heavy atom. The number of para-hydroxylation sites is 1. The molecule has 3 heterocycles. The second kappa shape index (κ2) is 11.7. The molecule has 2 aromatic heterocycles. The Balaban J connectivity index is 1.78. The number of nitrogens with one attached hydrogen (secondary N) is 1. The van der Waals surface area contributed by atoms with E-state index in [1.54, 1.807) is 42.0 Å². The maximum absolute atomic E-state index is 13.8. The Labute approximate surface area is 223 Å². The van der Waals surface area contributed by atoms with Crippen LogP contribution in [-0.2, 0) is 19.5 Å². The Bertz CT molecular complexity index is 1310. The molecule has 0 aliphatic carbocycles. The van der Waals surface area contributed by atoms with Crippen molar-refractivity contribution >= 4 is 16.0 Å². The minimum Gasteiger partial charge on any atom is -0.494 e. The number of ether oxygens (including phenoxy) is 4. The molecule has 12 heteroatoms. The van der Waals surface area contributed by atoms with Crippen LogP contribution in [0.15, 0.2) is 36.5 Å². The Kier molecular flexibility index (Phi) is 8.54. The van der Waals surface area contributed by atoms with Gasteiger partial charge in [-0.3, -0.25) is 14.3 Å². The third-order valence-electron chi connectivity index (χ3n) is 6.40. The quantitative estimate of drug-likeness (QED) is 0.383. The van der Waals surface area contributed by atoms with E-state index in [-0.39, 0.29) is 18.0 Å². The van der Waals surface area contributed by atoms with E-state index in [0.717, 1.165) is 12.0 Å². The number of hydrogen-bond acceptors (Lipinski definition) is 9. The molecule has 1 aliphatic rings. The first-order chi connectivity index (χ1) is 18.2. The lowest BCUT2D eigenvalue weighted by Crippen LogP contribution is -2.34. The molecule has 3 aromatic rings. The van der Waals surface area contributed by atoms with Crippen molar-refractivity contribution in [2.45, 2.75) is 57.5 Å². The molecule has 1 aromatic carbocycles. The van der Waals surface area contributed by atoms with Crippen molar-refractivity contribution in [1.82, 2.24) is 19.7 Å². The molecule has 1 saturated heterocycles. The fourth-order valence-corrected chi connectivity index (χ4v) is 5.48. The van der Waals surface area contributed by atoms with Gasteiger partial charge in [-0.2, -0.15) is 0 Å². The van der Waals surface area contributed by atoms with Gasteiger partial charge in [0.25, 0.3) is 0 Å². The number of hydrogen-bond donors (Lipinski definition) is 1. The minimum absolute atomic E-state index is 0.0155. The topological polar surface area (TPSA) is 127 Å². The van der Waals surface area contributed by atoms with Gasteiger partial charge in [-0.15, -0.1) is 10.2 Å². The number of rotatable bonds is 11. The van der Waals surface area contributed by atoms with Crippen molar-refractivity contribution in [2.75, 3.05) is 32.2 Å². The largest absolute Gasteiger partial charge is 0.494 e. The molecule has 0 unspecified atom stereocenters. The molecule has 0 amide bonds. The summed E-state index contributed by atoms with van der Waals surface area (Å²) in [5.74, 6) is 1.43. The standard InChI is InChI=1S/C26H35N5O6S/c1-16(2)37-24(20-11-10-17(3)14-27-20)18(4)38(32,33)30-26-29-28-25(19-12-13-36-15-19)31(26)23-21(34-5)8-7-9-22(23)35-6/h7-11,14,16,18-19,24H,12-13,15H2,1-6H3,(H,29,30)/t18-,19-,24+/m0/s1. The first-order valence-electron chi connectivity index (χ1n) is 12.5. The minimum atomic E-state index is -4.05. The van der Waals surface area contributed by atoms with Gasteiger partial charge in [0.1, 0.15) is 34.4 Å². The summed E-state index contributed by atoms with van der Waals surface area (Å²) in [5.41, 5.74) is 1.98. The van der Waals surface area contributed by atoms with Crippen molar-refractivity contribution in [1.29, 1.82) is 0 Å². The summed E-state index contributed by atoms with van der Waals surface area (Å²) in [5, 5.41) is 7.63. The molecule has 206 valence electrons. The fraction of sp³-hybridized carbons (Fsp3) is 0.500. The van der Waals surface area contributed by atoms with Crippen molar-refractivity contribution in [2.24, 2.45) is 0 Å². The number of sulfonamides is 1. The van der Waals surface area contributed by atoms with Crippen LogP contribution in [0.25, 0.3) is 5.69 Å². The molecular formula is C26H35N5O6S. The van der Waals surface area contributed by atoms with Crippen molar-refractivity contribution in [3.05, 3.63) is 53.6 Å². The van der Waals surface area contributed by atoms with Gasteiger partial charge in [0, 0.05) is 18.7 Å². The SMILES string of the molecule is COc1cccc(OC)c1-n1c(NS(=O)(=O)[C@@H](C)[C@@H](OC(C)C)c2ccc(C)cn2)nnc1[C@H]1CCOC1. The van der Waals surface area contributed by atoms with Crippen LogP contribution in [0, 0.1) is 6.92 Å². The van der Waals surface area contributed by atoms with Crippen LogP contribution in [0.2, 0.25) is 0 Å². The van der Waals surface area contributed by atoms with Crippen molar-refractivity contribution in [3.63, 3.8) is 0 Å². The van der Waals surface area contributed by atoms with Gasteiger partial charge in [0.15, 0.2) is 0 Å². The van der Waals surface area contributed by atoms with Gasteiger partial charge in [-0.25, -0.2) is 8.42 Å². The van der Waals surface area contributed by atoms with Crippen LogP contribution in [-0.4, -0.2) is 67.0 Å². The third-order valence-corrected chi connectivity index (χ3v) is 8.10. The van der Waals surface area contributed by atoms with E-state index in [2.05, 4.69) is 19.9 Å². The third kappa shape index (κ3) is 5.77. The molecular weight excluding hydrogens is 510 g/mol. The second-order valence-electron chi connectivity index (χ2n) is 9.51. The summed E-state index contributed by atoms with van der Waals surface area (Å²) in [4.78, 5) is 4.44. The number of pyridine rings is 1. The lowest BCUT2D eigenvalue weighted by atomic mass is 10.1. The van der Waals surface area contributed by atoms with E-state index in [1.807, 2.05) is 26.8 Å². The zero-order valence-corrected chi connectivity index (χ0v) is 23.4. The van der Waals surface area contributed by atoms with Gasteiger partial charge in [-0.05, 0) is 57.9 Å². The van der Waals surface area contributed by atoms with E-state index in [1.165, 1.54) is 14.2 Å². The van der Waals surface area contributed by atoms with Crippen LogP contribution in [0.3, 0.4) is 0 Å². The Morgan fingerprint density at radius 2 is 1.79 bits per heavy atom. The smallest absolute Gasteiger partial charge is 0.243 e. The molecule has 0 saturated carbocycles. The lowest BCUT2D eigenvalue weighted by molar-refractivity contribution is 0.00416. The number of aryl methyl sites for hydroxylation is 1. The summed E-state index contributed by atoms with van der Waals surface area (Å²) in [6.07, 6.45) is 1.38. The number of benzene rings is 1. The number of anilines is 1. The van der Waals surface area contributed by atoms with E-state index in [0.29, 0.717) is 41.9 Å². The molecule has 0 radical (unpaired) electrons. The van der Waals surface area contributed by atoms with Crippen LogP contribution in [0.5, 0.6) is 11.5 Å². The van der Waals surface area contributed by atoms with Crippen molar-refractivity contribution < 1.29 is 27.4 Å². The molecule has 1 aliphatic heterocycles.